The highest BCUT2D eigenvalue weighted by Gasteiger charge is 2.12. The van der Waals surface area contributed by atoms with E-state index in [1.165, 1.54) is 16.8 Å². The summed E-state index contributed by atoms with van der Waals surface area (Å²) in [7, 11) is 0. The molecule has 0 radical (unpaired) electrons. The van der Waals surface area contributed by atoms with Crippen molar-refractivity contribution in [3.8, 4) is 0 Å². The zero-order chi connectivity index (χ0) is 9.26. The van der Waals surface area contributed by atoms with Gasteiger partial charge in [0.2, 0.25) is 0 Å². The largest absolute Gasteiger partial charge is 0.384 e. The van der Waals surface area contributed by atoms with Crippen LogP contribution in [0.15, 0.2) is 12.1 Å². The van der Waals surface area contributed by atoms with E-state index in [1.54, 1.807) is 0 Å². The molecule has 0 atom stereocenters. The normalized spacial score (nSPS) is 14.0. The minimum absolute atomic E-state index is 0.631. The number of halogens is 2. The Hall–Kier alpha value is -0.400. The molecule has 3 heteroatoms. The molecule has 0 saturated carbocycles. The Morgan fingerprint density at radius 3 is 3.00 bits per heavy atom. The molecule has 1 aromatic rings. The second-order valence-corrected chi connectivity index (χ2v) is 4.00. The number of benzene rings is 1. The molecule has 0 spiro atoms. The summed E-state index contributed by atoms with van der Waals surface area (Å²) in [6.45, 7) is 1.02. The van der Waals surface area contributed by atoms with Crippen molar-refractivity contribution in [3.63, 3.8) is 0 Å². The number of aryl methyl sites for hydroxylation is 1. The first-order valence-electron chi connectivity index (χ1n) is 4.42. The molecule has 2 rings (SSSR count). The van der Waals surface area contributed by atoms with E-state index in [-0.39, 0.29) is 0 Å². The first kappa shape index (κ1) is 9.17. The maximum absolute atomic E-state index is 6.09. The van der Waals surface area contributed by atoms with Gasteiger partial charge in [-0.2, -0.15) is 0 Å². The van der Waals surface area contributed by atoms with Gasteiger partial charge < -0.3 is 5.32 Å². The first-order chi connectivity index (χ1) is 6.31. The van der Waals surface area contributed by atoms with Gasteiger partial charge in [-0.25, -0.2) is 0 Å². The molecule has 1 N–H and O–H groups in total. The fourth-order valence-corrected chi connectivity index (χ4v) is 2.13. The van der Waals surface area contributed by atoms with E-state index in [1.807, 2.05) is 6.07 Å². The Balaban J connectivity index is 2.37. The van der Waals surface area contributed by atoms with E-state index < -0.39 is 0 Å². The summed E-state index contributed by atoms with van der Waals surface area (Å²) in [6, 6.07) is 4.17. The van der Waals surface area contributed by atoms with Crippen LogP contribution in [0.5, 0.6) is 0 Å². The van der Waals surface area contributed by atoms with Crippen LogP contribution in [0.4, 0.5) is 5.69 Å². The van der Waals surface area contributed by atoms with Crippen molar-refractivity contribution in [1.29, 1.82) is 0 Å². The second kappa shape index (κ2) is 3.77. The molecule has 0 saturated heterocycles. The zero-order valence-electron chi connectivity index (χ0n) is 7.24. The number of fused-ring (bicyclic) bond motifs is 1. The number of alkyl halides is 1. The van der Waals surface area contributed by atoms with Crippen LogP contribution in [-0.2, 0) is 12.8 Å². The SMILES string of the molecule is ClCCc1cc2c(cc1Cl)NCC2. The molecule has 0 fully saturated rings. The Kier molecular flexibility index (Phi) is 2.66. The van der Waals surface area contributed by atoms with Crippen molar-refractivity contribution in [3.05, 3.63) is 28.3 Å². The zero-order valence-corrected chi connectivity index (χ0v) is 8.75. The van der Waals surface area contributed by atoms with Gasteiger partial charge in [0, 0.05) is 23.1 Å². The van der Waals surface area contributed by atoms with Gasteiger partial charge in [-0.1, -0.05) is 17.7 Å². The van der Waals surface area contributed by atoms with E-state index >= 15 is 0 Å². The van der Waals surface area contributed by atoms with E-state index in [0.29, 0.717) is 5.88 Å². The predicted molar refractivity (Wildman–Crippen MR) is 58.1 cm³/mol. The van der Waals surface area contributed by atoms with Crippen molar-refractivity contribution < 1.29 is 0 Å². The summed E-state index contributed by atoms with van der Waals surface area (Å²) in [4.78, 5) is 0. The maximum Gasteiger partial charge on any atom is 0.0459 e. The van der Waals surface area contributed by atoms with Crippen LogP contribution in [-0.4, -0.2) is 12.4 Å². The van der Waals surface area contributed by atoms with Crippen LogP contribution in [0, 0.1) is 0 Å². The molecule has 1 aliphatic rings. The summed E-state index contributed by atoms with van der Waals surface area (Å²) < 4.78 is 0. The Morgan fingerprint density at radius 1 is 1.38 bits per heavy atom. The topological polar surface area (TPSA) is 12.0 Å². The van der Waals surface area contributed by atoms with Crippen molar-refractivity contribution in [1.82, 2.24) is 0 Å². The molecule has 1 aliphatic heterocycles. The molecular weight excluding hydrogens is 205 g/mol. The number of anilines is 1. The summed E-state index contributed by atoms with van der Waals surface area (Å²) in [5.41, 5.74) is 3.71. The summed E-state index contributed by atoms with van der Waals surface area (Å²) in [5, 5.41) is 4.12. The Bertz CT molecular complexity index is 323. The highest BCUT2D eigenvalue weighted by Crippen LogP contribution is 2.29. The fraction of sp³-hybridized carbons (Fsp3) is 0.400. The molecule has 0 aromatic heterocycles. The second-order valence-electron chi connectivity index (χ2n) is 3.22. The average molecular weight is 216 g/mol. The lowest BCUT2D eigenvalue weighted by molar-refractivity contribution is 1.09. The molecule has 0 unspecified atom stereocenters. The van der Waals surface area contributed by atoms with Gasteiger partial charge in [0.25, 0.3) is 0 Å². The molecule has 0 amide bonds. The van der Waals surface area contributed by atoms with Gasteiger partial charge in [-0.15, -0.1) is 11.6 Å². The van der Waals surface area contributed by atoms with Gasteiger partial charge in [0.1, 0.15) is 0 Å². The Labute approximate surface area is 88.0 Å². The Morgan fingerprint density at radius 2 is 2.23 bits per heavy atom. The van der Waals surface area contributed by atoms with Gasteiger partial charge in [0.15, 0.2) is 0 Å². The molecule has 70 valence electrons. The van der Waals surface area contributed by atoms with Crippen molar-refractivity contribution in [2.45, 2.75) is 12.8 Å². The summed E-state index contributed by atoms with van der Waals surface area (Å²) in [6.07, 6.45) is 1.95. The standard InChI is InChI=1S/C10H11Cl2N/c11-3-1-7-5-8-2-4-13-10(8)6-9(7)12/h5-6,13H,1-4H2. The lowest BCUT2D eigenvalue weighted by atomic mass is 10.1. The first-order valence-corrected chi connectivity index (χ1v) is 5.33. The lowest BCUT2D eigenvalue weighted by Crippen LogP contribution is -1.91. The van der Waals surface area contributed by atoms with E-state index in [0.717, 1.165) is 24.4 Å². The molecule has 0 bridgehead atoms. The molecule has 13 heavy (non-hydrogen) atoms. The molecule has 1 aromatic carbocycles. The number of hydrogen-bond acceptors (Lipinski definition) is 1. The molecular formula is C10H11Cl2N. The minimum Gasteiger partial charge on any atom is -0.384 e. The predicted octanol–water partition coefficient (Wildman–Crippen LogP) is 3.09. The van der Waals surface area contributed by atoms with Crippen LogP contribution in [0.2, 0.25) is 5.02 Å². The van der Waals surface area contributed by atoms with Gasteiger partial charge in [-0.3, -0.25) is 0 Å². The van der Waals surface area contributed by atoms with Crippen LogP contribution in [0.3, 0.4) is 0 Å². The monoisotopic (exact) mass is 215 g/mol. The van der Waals surface area contributed by atoms with E-state index in [4.69, 9.17) is 23.2 Å². The van der Waals surface area contributed by atoms with Crippen LogP contribution >= 0.6 is 23.2 Å². The van der Waals surface area contributed by atoms with Crippen LogP contribution < -0.4 is 5.32 Å². The highest BCUT2D eigenvalue weighted by atomic mass is 35.5. The molecule has 0 aliphatic carbocycles. The van der Waals surface area contributed by atoms with Crippen molar-refractivity contribution in [2.24, 2.45) is 0 Å². The third-order valence-corrected chi connectivity index (χ3v) is 2.89. The van der Waals surface area contributed by atoms with Crippen LogP contribution in [0.25, 0.3) is 0 Å². The van der Waals surface area contributed by atoms with Gasteiger partial charge >= 0.3 is 0 Å². The minimum atomic E-state index is 0.631. The number of nitrogens with one attached hydrogen (secondary N) is 1. The quantitative estimate of drug-likeness (QED) is 0.749. The number of hydrogen-bond donors (Lipinski definition) is 1. The van der Waals surface area contributed by atoms with E-state index in [9.17, 15) is 0 Å². The molecule has 1 heterocycles. The van der Waals surface area contributed by atoms with Crippen molar-refractivity contribution in [2.75, 3.05) is 17.7 Å². The maximum atomic E-state index is 6.09. The third kappa shape index (κ3) is 1.77. The average Bonchev–Trinajstić information content (AvgIpc) is 2.52. The third-order valence-electron chi connectivity index (χ3n) is 2.35. The molecule has 1 nitrogen and oxygen atoms in total. The lowest BCUT2D eigenvalue weighted by Gasteiger charge is -2.05. The fourth-order valence-electron chi connectivity index (χ4n) is 1.67. The summed E-state index contributed by atoms with van der Waals surface area (Å²) >= 11 is 11.8. The van der Waals surface area contributed by atoms with E-state index in [2.05, 4.69) is 11.4 Å². The number of rotatable bonds is 2. The summed E-state index contributed by atoms with van der Waals surface area (Å²) in [5.74, 6) is 0.631. The van der Waals surface area contributed by atoms with Crippen LogP contribution in [0.1, 0.15) is 11.1 Å². The van der Waals surface area contributed by atoms with Crippen molar-refractivity contribution >= 4 is 28.9 Å². The van der Waals surface area contributed by atoms with Gasteiger partial charge in [0.05, 0.1) is 0 Å². The highest BCUT2D eigenvalue weighted by molar-refractivity contribution is 6.31. The smallest absolute Gasteiger partial charge is 0.0459 e. The van der Waals surface area contributed by atoms with Gasteiger partial charge in [-0.05, 0) is 30.0 Å².